The summed E-state index contributed by atoms with van der Waals surface area (Å²) in [5.74, 6) is 2.55. The molecule has 0 amide bonds. The highest BCUT2D eigenvalue weighted by Crippen LogP contribution is 2.33. The van der Waals surface area contributed by atoms with Crippen molar-refractivity contribution in [3.8, 4) is 11.5 Å². The minimum absolute atomic E-state index is 0.671. The molecule has 2 aromatic rings. The molecule has 0 aromatic heterocycles. The fourth-order valence-electron chi connectivity index (χ4n) is 2.23. The van der Waals surface area contributed by atoms with E-state index in [1.807, 2.05) is 0 Å². The lowest BCUT2D eigenvalue weighted by Crippen LogP contribution is -1.98. The largest absolute Gasteiger partial charge is 0.456 e. The van der Waals surface area contributed by atoms with Crippen LogP contribution in [0.5, 0.6) is 11.5 Å². The number of halogens is 3. The molecule has 0 saturated carbocycles. The van der Waals surface area contributed by atoms with Crippen LogP contribution >= 0.6 is 67.8 Å². The predicted octanol–water partition coefficient (Wildman–Crippen LogP) is 6.80. The van der Waals surface area contributed by atoms with Gasteiger partial charge in [-0.25, -0.2) is 0 Å². The van der Waals surface area contributed by atoms with Crippen LogP contribution in [-0.4, -0.2) is 0 Å². The topological polar surface area (TPSA) is 9.23 Å². The highest BCUT2D eigenvalue weighted by atomic mass is 127. The monoisotopic (exact) mass is 618 g/mol. The molecule has 0 saturated heterocycles. The van der Waals surface area contributed by atoms with Crippen LogP contribution in [0, 0.1) is 23.6 Å². The van der Waals surface area contributed by atoms with E-state index in [2.05, 4.69) is 119 Å². The first kappa shape index (κ1) is 17.8. The molecular weight excluding hydrogens is 601 g/mol. The molecule has 0 spiro atoms. The summed E-state index contributed by atoms with van der Waals surface area (Å²) >= 11 is 7.02. The van der Waals surface area contributed by atoms with Gasteiger partial charge in [-0.2, -0.15) is 0 Å². The van der Waals surface area contributed by atoms with Gasteiger partial charge in [0.1, 0.15) is 11.5 Å². The molecule has 4 heteroatoms. The van der Waals surface area contributed by atoms with Gasteiger partial charge in [0.05, 0.1) is 3.57 Å². The van der Waals surface area contributed by atoms with Crippen LogP contribution in [0.4, 0.5) is 0 Å². The maximum atomic E-state index is 6.14. The van der Waals surface area contributed by atoms with Gasteiger partial charge in [-0.1, -0.05) is 19.9 Å². The number of hydrogen-bond acceptors (Lipinski definition) is 1. The Morgan fingerprint density at radius 3 is 2.10 bits per heavy atom. The van der Waals surface area contributed by atoms with E-state index in [4.69, 9.17) is 4.74 Å². The molecule has 2 rings (SSSR count). The molecule has 112 valence electrons. The molecular formula is C17H17I3O. The number of hydrogen-bond donors (Lipinski definition) is 0. The van der Waals surface area contributed by atoms with E-state index in [9.17, 15) is 0 Å². The minimum atomic E-state index is 0.671. The summed E-state index contributed by atoms with van der Waals surface area (Å²) in [6.07, 6.45) is 1.11. The highest BCUT2D eigenvalue weighted by Gasteiger charge is 2.10. The van der Waals surface area contributed by atoms with Crippen molar-refractivity contribution >= 4 is 67.8 Å². The first-order chi connectivity index (χ1) is 9.85. The van der Waals surface area contributed by atoms with E-state index in [1.165, 1.54) is 21.8 Å². The molecule has 2 aromatic carbocycles. The Morgan fingerprint density at radius 2 is 1.57 bits per heavy atom. The van der Waals surface area contributed by atoms with Crippen molar-refractivity contribution in [1.82, 2.24) is 0 Å². The van der Waals surface area contributed by atoms with Crippen LogP contribution in [0.2, 0.25) is 0 Å². The molecule has 21 heavy (non-hydrogen) atoms. The highest BCUT2D eigenvalue weighted by molar-refractivity contribution is 14.1. The average Bonchev–Trinajstić information content (AvgIpc) is 2.31. The third kappa shape index (κ3) is 5.23. The summed E-state index contributed by atoms with van der Waals surface area (Å²) in [6.45, 7) is 6.63. The molecule has 0 N–H and O–H groups in total. The Balaban J connectivity index is 2.31. The molecule has 0 heterocycles. The summed E-state index contributed by atoms with van der Waals surface area (Å²) in [7, 11) is 0. The summed E-state index contributed by atoms with van der Waals surface area (Å²) in [4.78, 5) is 0. The molecule has 0 unspecified atom stereocenters. The number of benzene rings is 2. The Hall–Kier alpha value is 0.430. The fourth-order valence-corrected chi connectivity index (χ4v) is 5.04. The van der Waals surface area contributed by atoms with Gasteiger partial charge in [0.15, 0.2) is 0 Å². The zero-order valence-corrected chi connectivity index (χ0v) is 18.7. The van der Waals surface area contributed by atoms with Crippen LogP contribution < -0.4 is 4.74 Å². The zero-order valence-electron chi connectivity index (χ0n) is 12.2. The number of rotatable bonds is 4. The van der Waals surface area contributed by atoms with Gasteiger partial charge >= 0.3 is 0 Å². The lowest BCUT2D eigenvalue weighted by molar-refractivity contribution is 0.474. The second-order valence-corrected chi connectivity index (χ2v) is 9.18. The van der Waals surface area contributed by atoms with Crippen LogP contribution in [-0.2, 0) is 6.42 Å². The van der Waals surface area contributed by atoms with E-state index in [0.29, 0.717) is 5.92 Å². The number of aryl methyl sites for hydroxylation is 1. The molecule has 1 nitrogen and oxygen atoms in total. The van der Waals surface area contributed by atoms with Gasteiger partial charge in [0.2, 0.25) is 0 Å². The van der Waals surface area contributed by atoms with E-state index in [1.54, 1.807) is 0 Å². The molecule has 0 fully saturated rings. The molecule has 0 aliphatic rings. The van der Waals surface area contributed by atoms with E-state index in [0.717, 1.165) is 17.9 Å². The first-order valence-corrected chi connectivity index (χ1v) is 10.0. The molecule has 0 radical (unpaired) electrons. The van der Waals surface area contributed by atoms with E-state index >= 15 is 0 Å². The van der Waals surface area contributed by atoms with Crippen molar-refractivity contribution < 1.29 is 4.74 Å². The lowest BCUT2D eigenvalue weighted by atomic mass is 10.0. The first-order valence-electron chi connectivity index (χ1n) is 6.78. The van der Waals surface area contributed by atoms with Crippen LogP contribution in [0.15, 0.2) is 30.3 Å². The normalized spacial score (nSPS) is 11.0. The third-order valence-electron chi connectivity index (χ3n) is 2.99. The number of ether oxygens (including phenoxy) is 1. The molecule has 0 aliphatic carbocycles. The van der Waals surface area contributed by atoms with Gasteiger partial charge in [-0.05, 0) is 122 Å². The van der Waals surface area contributed by atoms with Gasteiger partial charge in [-0.15, -0.1) is 0 Å². The smallest absolute Gasteiger partial charge is 0.143 e. The third-order valence-corrected chi connectivity index (χ3v) is 5.04. The van der Waals surface area contributed by atoms with Crippen LogP contribution in [0.25, 0.3) is 0 Å². The fraction of sp³-hybridized carbons (Fsp3) is 0.294. The maximum Gasteiger partial charge on any atom is 0.143 e. The Morgan fingerprint density at radius 1 is 0.952 bits per heavy atom. The second-order valence-electron chi connectivity index (χ2n) is 5.53. The van der Waals surface area contributed by atoms with Crippen molar-refractivity contribution in [3.05, 3.63) is 52.2 Å². The summed E-state index contributed by atoms with van der Waals surface area (Å²) in [5.41, 5.74) is 2.59. The summed E-state index contributed by atoms with van der Waals surface area (Å²) < 4.78 is 9.71. The Labute approximate surface area is 167 Å². The lowest BCUT2D eigenvalue weighted by Gasteiger charge is -2.14. The minimum Gasteiger partial charge on any atom is -0.456 e. The SMILES string of the molecule is Cc1cc(CC(C)C)cc(I)c1Oc1cc(I)cc(I)c1. The van der Waals surface area contributed by atoms with Gasteiger partial charge in [-0.3, -0.25) is 0 Å². The second kappa shape index (κ2) is 7.81. The van der Waals surface area contributed by atoms with Crippen molar-refractivity contribution in [2.75, 3.05) is 0 Å². The Kier molecular flexibility index (Phi) is 6.61. The van der Waals surface area contributed by atoms with Crippen molar-refractivity contribution in [2.24, 2.45) is 5.92 Å². The average molecular weight is 618 g/mol. The molecule has 0 bridgehead atoms. The van der Waals surface area contributed by atoms with E-state index in [-0.39, 0.29) is 0 Å². The summed E-state index contributed by atoms with van der Waals surface area (Å²) in [6, 6.07) is 10.8. The maximum absolute atomic E-state index is 6.14. The predicted molar refractivity (Wildman–Crippen MR) is 114 cm³/mol. The zero-order chi connectivity index (χ0) is 15.6. The standard InChI is InChI=1S/C17H17I3O/c1-10(2)4-12-5-11(3)17(16(20)6-12)21-15-8-13(18)7-14(19)9-15/h5-10H,4H2,1-3H3. The van der Waals surface area contributed by atoms with Crippen molar-refractivity contribution in [3.63, 3.8) is 0 Å². The summed E-state index contributed by atoms with van der Waals surface area (Å²) in [5, 5.41) is 0. The van der Waals surface area contributed by atoms with Gasteiger partial charge in [0, 0.05) is 7.14 Å². The van der Waals surface area contributed by atoms with E-state index < -0.39 is 0 Å². The Bertz CT molecular complexity index is 607. The van der Waals surface area contributed by atoms with Crippen molar-refractivity contribution in [1.29, 1.82) is 0 Å². The van der Waals surface area contributed by atoms with Crippen molar-refractivity contribution in [2.45, 2.75) is 27.2 Å². The molecule has 0 aliphatic heterocycles. The van der Waals surface area contributed by atoms with Crippen LogP contribution in [0.3, 0.4) is 0 Å². The molecule has 0 atom stereocenters. The van der Waals surface area contributed by atoms with Gasteiger partial charge < -0.3 is 4.74 Å². The van der Waals surface area contributed by atoms with Crippen LogP contribution in [0.1, 0.15) is 25.0 Å². The quantitative estimate of drug-likeness (QED) is 0.343. The van der Waals surface area contributed by atoms with Gasteiger partial charge in [0.25, 0.3) is 0 Å².